The van der Waals surface area contributed by atoms with Crippen LogP contribution in [-0.4, -0.2) is 40.7 Å². The molecule has 1 N–H and O–H groups in total. The number of nitro benzene ring substituents is 1. The molecule has 0 aliphatic rings. The number of hydrogen-bond donors (Lipinski definition) is 1. The summed E-state index contributed by atoms with van der Waals surface area (Å²) in [5, 5.41) is 21.6. The molecule has 0 saturated carbocycles. The molecule has 0 saturated heterocycles. The summed E-state index contributed by atoms with van der Waals surface area (Å²) in [6, 6.07) is 9.73. The van der Waals surface area contributed by atoms with Crippen molar-refractivity contribution in [2.75, 3.05) is 11.8 Å². The molecule has 0 fully saturated rings. The van der Waals surface area contributed by atoms with Crippen molar-refractivity contribution in [3.05, 3.63) is 58.9 Å². The molecule has 3 aromatic rings. The van der Waals surface area contributed by atoms with Gasteiger partial charge in [-0.25, -0.2) is 8.42 Å². The van der Waals surface area contributed by atoms with Crippen molar-refractivity contribution in [2.45, 2.75) is 4.90 Å². The van der Waals surface area contributed by atoms with E-state index in [9.17, 15) is 18.5 Å². The van der Waals surface area contributed by atoms with Crippen molar-refractivity contribution in [1.29, 1.82) is 0 Å². The summed E-state index contributed by atoms with van der Waals surface area (Å²) in [5.41, 5.74) is 0.344. The second-order valence-corrected chi connectivity index (χ2v) is 6.62. The Morgan fingerprint density at radius 2 is 2.00 bits per heavy atom. The van der Waals surface area contributed by atoms with E-state index in [0.29, 0.717) is 5.69 Å². The highest BCUT2D eigenvalue weighted by Crippen LogP contribution is 2.30. The largest absolute Gasteiger partial charge is 0.495 e. The first-order valence-electron chi connectivity index (χ1n) is 7.10. The fraction of sp³-hybridized carbons (Fsp3) is 0.0714. The number of sulfonamides is 1. The molecule has 11 nitrogen and oxygen atoms in total. The van der Waals surface area contributed by atoms with Crippen molar-refractivity contribution in [1.82, 2.24) is 20.2 Å². The first-order chi connectivity index (χ1) is 12.4. The van der Waals surface area contributed by atoms with Crippen LogP contribution < -0.4 is 9.46 Å². The molecule has 1 aromatic heterocycles. The molecular weight excluding hydrogens is 364 g/mol. The fourth-order valence-corrected chi connectivity index (χ4v) is 3.45. The Kier molecular flexibility index (Phi) is 4.49. The third-order valence-corrected chi connectivity index (χ3v) is 4.80. The maximum atomic E-state index is 12.8. The Hall–Kier alpha value is -3.54. The molecule has 0 atom stereocenters. The van der Waals surface area contributed by atoms with E-state index in [-0.39, 0.29) is 22.0 Å². The van der Waals surface area contributed by atoms with Crippen LogP contribution in [0.15, 0.2) is 53.7 Å². The molecule has 2 aromatic carbocycles. The standard InChI is InChI=1S/C14H12N6O5S/c1-25-13-8-10(20(21)22)6-7-14(13)26(23,24)16-11-4-2-3-5-12(11)19-9-15-17-18-19/h2-9,16H,1H3. The van der Waals surface area contributed by atoms with Gasteiger partial charge < -0.3 is 4.74 Å². The SMILES string of the molecule is COc1cc([N+](=O)[O-])ccc1S(=O)(=O)Nc1ccccc1-n1cnnn1. The Bertz CT molecular complexity index is 1050. The lowest BCUT2D eigenvalue weighted by atomic mass is 10.3. The average molecular weight is 376 g/mol. The van der Waals surface area contributed by atoms with Crippen LogP contribution in [0, 0.1) is 10.1 Å². The van der Waals surface area contributed by atoms with E-state index < -0.39 is 14.9 Å². The molecule has 0 spiro atoms. The highest BCUT2D eigenvalue weighted by molar-refractivity contribution is 7.92. The molecule has 0 aliphatic heterocycles. The van der Waals surface area contributed by atoms with E-state index in [0.717, 1.165) is 18.2 Å². The van der Waals surface area contributed by atoms with Gasteiger partial charge >= 0.3 is 0 Å². The van der Waals surface area contributed by atoms with Crippen molar-refractivity contribution >= 4 is 21.4 Å². The summed E-state index contributed by atoms with van der Waals surface area (Å²) < 4.78 is 34.2. The number of para-hydroxylation sites is 2. The van der Waals surface area contributed by atoms with Crippen LogP contribution >= 0.6 is 0 Å². The summed E-state index contributed by atoms with van der Waals surface area (Å²) >= 11 is 0. The quantitative estimate of drug-likeness (QED) is 0.502. The van der Waals surface area contributed by atoms with Gasteiger partial charge in [0.15, 0.2) is 0 Å². The third kappa shape index (κ3) is 3.30. The lowest BCUT2D eigenvalue weighted by molar-refractivity contribution is -0.385. The van der Waals surface area contributed by atoms with E-state index >= 15 is 0 Å². The number of aromatic nitrogens is 4. The molecule has 0 bridgehead atoms. The van der Waals surface area contributed by atoms with E-state index in [4.69, 9.17) is 4.74 Å². The molecule has 0 radical (unpaired) electrons. The van der Waals surface area contributed by atoms with Gasteiger partial charge in [0.05, 0.1) is 29.5 Å². The number of non-ortho nitro benzene ring substituents is 1. The molecule has 0 amide bonds. The smallest absolute Gasteiger partial charge is 0.273 e. The van der Waals surface area contributed by atoms with Crippen molar-refractivity contribution < 1.29 is 18.1 Å². The average Bonchev–Trinajstić information content (AvgIpc) is 3.15. The number of ether oxygens (including phenoxy) is 1. The highest BCUT2D eigenvalue weighted by atomic mass is 32.2. The van der Waals surface area contributed by atoms with E-state index in [1.165, 1.54) is 24.2 Å². The summed E-state index contributed by atoms with van der Waals surface area (Å²) in [4.78, 5) is 9.98. The number of methoxy groups -OCH3 is 1. The van der Waals surface area contributed by atoms with Crippen LogP contribution in [-0.2, 0) is 10.0 Å². The number of anilines is 1. The number of rotatable bonds is 6. The van der Waals surface area contributed by atoms with Crippen LogP contribution in [0.3, 0.4) is 0 Å². The van der Waals surface area contributed by atoms with Crippen molar-refractivity contribution in [2.24, 2.45) is 0 Å². The maximum Gasteiger partial charge on any atom is 0.273 e. The maximum absolute atomic E-state index is 12.8. The van der Waals surface area contributed by atoms with Gasteiger partial charge in [-0.3, -0.25) is 14.8 Å². The Morgan fingerprint density at radius 1 is 1.23 bits per heavy atom. The minimum Gasteiger partial charge on any atom is -0.495 e. The topological polar surface area (TPSA) is 142 Å². The number of benzene rings is 2. The Morgan fingerprint density at radius 3 is 2.65 bits per heavy atom. The summed E-state index contributed by atoms with van der Waals surface area (Å²) in [6.07, 6.45) is 1.32. The minimum absolute atomic E-state index is 0.147. The van der Waals surface area contributed by atoms with Gasteiger partial charge in [-0.15, -0.1) is 5.10 Å². The van der Waals surface area contributed by atoms with Gasteiger partial charge in [0.1, 0.15) is 17.0 Å². The molecule has 12 heteroatoms. The Labute approximate surface area is 147 Å². The van der Waals surface area contributed by atoms with Crippen molar-refractivity contribution in [3.63, 3.8) is 0 Å². The predicted molar refractivity (Wildman–Crippen MR) is 89.6 cm³/mol. The lowest BCUT2D eigenvalue weighted by Crippen LogP contribution is -2.16. The monoisotopic (exact) mass is 376 g/mol. The van der Waals surface area contributed by atoms with Crippen LogP contribution in [0.5, 0.6) is 5.75 Å². The molecule has 3 rings (SSSR count). The number of tetrazole rings is 1. The first kappa shape index (κ1) is 17.3. The number of hydrogen-bond acceptors (Lipinski definition) is 8. The third-order valence-electron chi connectivity index (χ3n) is 3.39. The number of nitrogens with zero attached hydrogens (tertiary/aromatic N) is 5. The van der Waals surface area contributed by atoms with Crippen LogP contribution in [0.1, 0.15) is 0 Å². The fourth-order valence-electron chi connectivity index (χ4n) is 2.22. The first-order valence-corrected chi connectivity index (χ1v) is 8.58. The number of nitro groups is 1. The molecular formula is C14H12N6O5S. The van der Waals surface area contributed by atoms with Gasteiger partial charge in [0.25, 0.3) is 15.7 Å². The number of nitrogens with one attached hydrogen (secondary N) is 1. The normalized spacial score (nSPS) is 11.1. The van der Waals surface area contributed by atoms with Gasteiger partial charge in [-0.1, -0.05) is 12.1 Å². The predicted octanol–water partition coefficient (Wildman–Crippen LogP) is 1.38. The molecule has 26 heavy (non-hydrogen) atoms. The van der Waals surface area contributed by atoms with Crippen LogP contribution in [0.4, 0.5) is 11.4 Å². The molecule has 1 heterocycles. The molecule has 0 aliphatic carbocycles. The zero-order valence-electron chi connectivity index (χ0n) is 13.3. The van der Waals surface area contributed by atoms with Gasteiger partial charge in [-0.2, -0.15) is 4.68 Å². The van der Waals surface area contributed by atoms with Crippen molar-refractivity contribution in [3.8, 4) is 11.4 Å². The van der Waals surface area contributed by atoms with E-state index in [1.54, 1.807) is 18.2 Å². The highest BCUT2D eigenvalue weighted by Gasteiger charge is 2.23. The van der Waals surface area contributed by atoms with Gasteiger partial charge in [-0.05, 0) is 28.6 Å². The van der Waals surface area contributed by atoms with E-state index in [1.807, 2.05) is 0 Å². The van der Waals surface area contributed by atoms with Crippen LogP contribution in [0.25, 0.3) is 5.69 Å². The zero-order chi connectivity index (χ0) is 18.7. The molecule has 0 unspecified atom stereocenters. The van der Waals surface area contributed by atoms with Crippen LogP contribution in [0.2, 0.25) is 0 Å². The molecule has 134 valence electrons. The van der Waals surface area contributed by atoms with E-state index in [2.05, 4.69) is 20.2 Å². The second-order valence-electron chi connectivity index (χ2n) is 4.97. The summed E-state index contributed by atoms with van der Waals surface area (Å²) in [7, 11) is -2.86. The van der Waals surface area contributed by atoms with Gasteiger partial charge in [0, 0.05) is 6.07 Å². The summed E-state index contributed by atoms with van der Waals surface area (Å²) in [5.74, 6) is -0.147. The zero-order valence-corrected chi connectivity index (χ0v) is 14.1. The summed E-state index contributed by atoms with van der Waals surface area (Å²) in [6.45, 7) is 0. The Balaban J connectivity index is 2.02. The second kappa shape index (κ2) is 6.76. The van der Waals surface area contributed by atoms with Gasteiger partial charge in [0.2, 0.25) is 0 Å². The lowest BCUT2D eigenvalue weighted by Gasteiger charge is -2.13. The minimum atomic E-state index is -4.09.